The number of hydrogen-bond donors (Lipinski definition) is 2. The lowest BCUT2D eigenvalue weighted by atomic mass is 10.0. The molecule has 2 heterocycles. The first-order valence-electron chi connectivity index (χ1n) is 8.32. The molecule has 24 heavy (non-hydrogen) atoms. The Morgan fingerprint density at radius 3 is 2.88 bits per heavy atom. The zero-order valence-corrected chi connectivity index (χ0v) is 14.7. The molecule has 1 aliphatic heterocycles. The van der Waals surface area contributed by atoms with Gasteiger partial charge in [-0.3, -0.25) is 4.98 Å². The van der Waals surface area contributed by atoms with Crippen LogP contribution in [-0.2, 0) is 11.2 Å². The van der Waals surface area contributed by atoms with Crippen molar-refractivity contribution in [3.8, 4) is 0 Å². The Hall–Kier alpha value is -2.08. The van der Waals surface area contributed by atoms with E-state index in [-0.39, 0.29) is 18.7 Å². The van der Waals surface area contributed by atoms with Crippen molar-refractivity contribution >= 4 is 11.8 Å². The van der Waals surface area contributed by atoms with Crippen LogP contribution < -0.4 is 5.32 Å². The maximum absolute atomic E-state index is 12.1. The van der Waals surface area contributed by atoms with Gasteiger partial charge in [0.2, 0.25) is 0 Å². The first-order valence-corrected chi connectivity index (χ1v) is 8.32. The van der Waals surface area contributed by atoms with Crippen LogP contribution in [0.15, 0.2) is 30.6 Å². The fourth-order valence-electron chi connectivity index (χ4n) is 2.44. The van der Waals surface area contributed by atoms with Gasteiger partial charge in [-0.15, -0.1) is 0 Å². The van der Waals surface area contributed by atoms with Gasteiger partial charge in [-0.2, -0.15) is 0 Å². The number of allylic oxidation sites excluding steroid dienone is 1. The van der Waals surface area contributed by atoms with Crippen molar-refractivity contribution in [3.05, 3.63) is 36.2 Å². The molecule has 0 spiro atoms. The second kappa shape index (κ2) is 8.15. The minimum absolute atomic E-state index is 0.0492. The Kier molecular flexibility index (Phi) is 6.20. The molecule has 2 rings (SSSR count). The van der Waals surface area contributed by atoms with Crippen LogP contribution in [0, 0.1) is 0 Å². The lowest BCUT2D eigenvalue weighted by molar-refractivity contribution is -0.00274. The Balaban J connectivity index is 1.84. The smallest absolute Gasteiger partial charge is 0.410 e. The molecule has 0 aliphatic carbocycles. The van der Waals surface area contributed by atoms with Gasteiger partial charge in [-0.05, 0) is 45.2 Å². The first-order chi connectivity index (χ1) is 11.4. The maximum Gasteiger partial charge on any atom is 0.410 e. The Labute approximate surface area is 143 Å². The number of likely N-dealkylation sites (tertiary alicyclic amines) is 1. The van der Waals surface area contributed by atoms with Gasteiger partial charge in [0.1, 0.15) is 5.60 Å². The molecule has 1 atom stereocenters. The normalized spacial score (nSPS) is 17.7. The van der Waals surface area contributed by atoms with Gasteiger partial charge in [-0.25, -0.2) is 4.79 Å². The molecule has 132 valence electrons. The summed E-state index contributed by atoms with van der Waals surface area (Å²) in [6.07, 6.45) is 8.67. The zero-order valence-electron chi connectivity index (χ0n) is 14.7. The predicted octanol–water partition coefficient (Wildman–Crippen LogP) is 2.59. The molecule has 1 amide bonds. The molecule has 1 aliphatic rings. The highest BCUT2D eigenvalue weighted by molar-refractivity contribution is 5.69. The van der Waals surface area contributed by atoms with Gasteiger partial charge in [0.25, 0.3) is 0 Å². The number of nitrogens with zero attached hydrogens (tertiary/aromatic N) is 2. The van der Waals surface area contributed by atoms with Crippen LogP contribution in [0.5, 0.6) is 0 Å². The highest BCUT2D eigenvalue weighted by Gasteiger charge is 2.34. The molecular formula is C18H27N3O3. The third kappa shape index (κ3) is 5.53. The Morgan fingerprint density at radius 2 is 2.25 bits per heavy atom. The van der Waals surface area contributed by atoms with Gasteiger partial charge in [-0.1, -0.05) is 12.2 Å². The lowest BCUT2D eigenvalue weighted by Gasteiger charge is -2.41. The minimum Gasteiger partial charge on any atom is -0.444 e. The van der Waals surface area contributed by atoms with Crippen molar-refractivity contribution in [2.75, 3.05) is 25.0 Å². The van der Waals surface area contributed by atoms with Crippen molar-refractivity contribution in [2.24, 2.45) is 0 Å². The van der Waals surface area contributed by atoms with Gasteiger partial charge in [0.05, 0.1) is 18.3 Å². The lowest BCUT2D eigenvalue weighted by Crippen LogP contribution is -2.55. The van der Waals surface area contributed by atoms with Crippen LogP contribution >= 0.6 is 0 Å². The van der Waals surface area contributed by atoms with E-state index in [0.717, 1.165) is 30.6 Å². The number of hydrogen-bond acceptors (Lipinski definition) is 5. The van der Waals surface area contributed by atoms with E-state index in [9.17, 15) is 4.79 Å². The number of nitrogens with one attached hydrogen (secondary N) is 1. The molecular weight excluding hydrogens is 306 g/mol. The summed E-state index contributed by atoms with van der Waals surface area (Å²) in [6.45, 7) is 7.09. The molecule has 1 aromatic rings. The van der Waals surface area contributed by atoms with E-state index in [1.54, 1.807) is 17.2 Å². The molecule has 0 unspecified atom stereocenters. The van der Waals surface area contributed by atoms with Crippen LogP contribution in [-0.4, -0.2) is 52.4 Å². The number of rotatable bonds is 6. The molecule has 1 saturated heterocycles. The first kappa shape index (κ1) is 18.3. The van der Waals surface area contributed by atoms with Crippen LogP contribution in [0.4, 0.5) is 10.5 Å². The van der Waals surface area contributed by atoms with E-state index in [4.69, 9.17) is 9.84 Å². The summed E-state index contributed by atoms with van der Waals surface area (Å²) in [7, 11) is 0. The van der Waals surface area contributed by atoms with E-state index < -0.39 is 5.60 Å². The molecule has 0 saturated carbocycles. The summed E-state index contributed by atoms with van der Waals surface area (Å²) in [5.74, 6) is 0. The molecule has 0 aromatic carbocycles. The predicted molar refractivity (Wildman–Crippen MR) is 94.0 cm³/mol. The van der Waals surface area contributed by atoms with E-state index in [1.807, 2.05) is 39.1 Å². The topological polar surface area (TPSA) is 74.7 Å². The van der Waals surface area contributed by atoms with E-state index in [0.29, 0.717) is 6.54 Å². The molecule has 6 nitrogen and oxygen atoms in total. The Bertz CT molecular complexity index is 581. The maximum atomic E-state index is 12.1. The third-order valence-electron chi connectivity index (χ3n) is 3.73. The SMILES string of the molecule is CC(C)(C)OC(=O)N1CC[C@H]1CNc1cncc(C/C=C/CO)c1. The number of ether oxygens (including phenoxy) is 1. The number of pyridine rings is 1. The number of aromatic nitrogens is 1. The van der Waals surface area contributed by atoms with Crippen molar-refractivity contribution in [3.63, 3.8) is 0 Å². The van der Waals surface area contributed by atoms with E-state index >= 15 is 0 Å². The van der Waals surface area contributed by atoms with Crippen molar-refractivity contribution < 1.29 is 14.6 Å². The fourth-order valence-corrected chi connectivity index (χ4v) is 2.44. The van der Waals surface area contributed by atoms with Crippen molar-refractivity contribution in [1.29, 1.82) is 0 Å². The molecule has 6 heteroatoms. The average Bonchev–Trinajstić information content (AvgIpc) is 2.45. The monoisotopic (exact) mass is 333 g/mol. The molecule has 2 N–H and O–H groups in total. The summed E-state index contributed by atoms with van der Waals surface area (Å²) in [4.78, 5) is 18.1. The van der Waals surface area contributed by atoms with Crippen molar-refractivity contribution in [2.45, 2.75) is 45.3 Å². The highest BCUT2D eigenvalue weighted by Crippen LogP contribution is 2.22. The Morgan fingerprint density at radius 1 is 1.46 bits per heavy atom. The second-order valence-corrected chi connectivity index (χ2v) is 6.94. The number of amides is 1. The number of aliphatic hydroxyl groups excluding tert-OH is 1. The second-order valence-electron chi connectivity index (χ2n) is 6.94. The van der Waals surface area contributed by atoms with E-state index in [1.165, 1.54) is 0 Å². The van der Waals surface area contributed by atoms with Gasteiger partial charge >= 0.3 is 6.09 Å². The molecule has 0 bridgehead atoms. The summed E-state index contributed by atoms with van der Waals surface area (Å²) >= 11 is 0. The number of aliphatic hydroxyl groups is 1. The van der Waals surface area contributed by atoms with Crippen LogP contribution in [0.25, 0.3) is 0 Å². The highest BCUT2D eigenvalue weighted by atomic mass is 16.6. The van der Waals surface area contributed by atoms with Crippen LogP contribution in [0.3, 0.4) is 0 Å². The van der Waals surface area contributed by atoms with Gasteiger partial charge in [0.15, 0.2) is 0 Å². The fraction of sp³-hybridized carbons (Fsp3) is 0.556. The average molecular weight is 333 g/mol. The number of anilines is 1. The molecule has 1 fully saturated rings. The third-order valence-corrected chi connectivity index (χ3v) is 3.73. The molecule has 1 aromatic heterocycles. The standard InChI is InChI=1S/C18H27N3O3/c1-18(2,3)24-17(23)21-8-7-16(21)13-20-15-10-14(11-19-12-15)6-4-5-9-22/h4-5,10-12,16,20,22H,6-9,13H2,1-3H3/b5-4+/t16-/m0/s1. The van der Waals surface area contributed by atoms with Crippen LogP contribution in [0.2, 0.25) is 0 Å². The zero-order chi connectivity index (χ0) is 17.6. The summed E-state index contributed by atoms with van der Waals surface area (Å²) in [6, 6.07) is 2.18. The van der Waals surface area contributed by atoms with Crippen molar-refractivity contribution in [1.82, 2.24) is 9.88 Å². The minimum atomic E-state index is -0.467. The summed E-state index contributed by atoms with van der Waals surface area (Å²) in [5.41, 5.74) is 1.54. The number of carbonyl (C=O) groups excluding carboxylic acids is 1. The molecule has 0 radical (unpaired) electrons. The van der Waals surface area contributed by atoms with Gasteiger partial charge in [0, 0.05) is 25.5 Å². The summed E-state index contributed by atoms with van der Waals surface area (Å²) in [5, 5.41) is 12.1. The summed E-state index contributed by atoms with van der Waals surface area (Å²) < 4.78 is 5.42. The largest absolute Gasteiger partial charge is 0.444 e. The van der Waals surface area contributed by atoms with Crippen LogP contribution in [0.1, 0.15) is 32.8 Å². The van der Waals surface area contributed by atoms with Gasteiger partial charge < -0.3 is 20.1 Å². The quantitative estimate of drug-likeness (QED) is 0.783. The number of carbonyl (C=O) groups is 1. The van der Waals surface area contributed by atoms with E-state index in [2.05, 4.69) is 10.3 Å².